The minimum absolute atomic E-state index is 0.560. The summed E-state index contributed by atoms with van der Waals surface area (Å²) in [5.74, 6) is 3.03. The summed E-state index contributed by atoms with van der Waals surface area (Å²) in [5, 5.41) is 3.98. The number of hydrogen-bond donors (Lipinski definition) is 1. The van der Waals surface area contributed by atoms with E-state index in [0.717, 1.165) is 39.8 Å². The van der Waals surface area contributed by atoms with Crippen molar-refractivity contribution >= 4 is 39.0 Å². The van der Waals surface area contributed by atoms with Crippen molar-refractivity contribution in [1.82, 2.24) is 4.98 Å². The number of pyridine rings is 1. The van der Waals surface area contributed by atoms with E-state index in [-0.39, 0.29) is 0 Å². The van der Waals surface area contributed by atoms with Crippen LogP contribution in [0.15, 0.2) is 34.9 Å². The molecule has 1 aromatic heterocycles. The van der Waals surface area contributed by atoms with Gasteiger partial charge in [0.2, 0.25) is 0 Å². The van der Waals surface area contributed by atoms with Gasteiger partial charge in [0, 0.05) is 11.2 Å². The zero-order valence-electron chi connectivity index (χ0n) is 14.0. The molecule has 0 bridgehead atoms. The highest BCUT2D eigenvalue weighted by Gasteiger charge is 2.23. The van der Waals surface area contributed by atoms with E-state index in [9.17, 15) is 0 Å². The number of rotatable bonds is 7. The van der Waals surface area contributed by atoms with Gasteiger partial charge in [-0.1, -0.05) is 31.4 Å². The first-order valence-electron chi connectivity index (χ1n) is 8.33. The summed E-state index contributed by atoms with van der Waals surface area (Å²) in [6.07, 6.45) is 5.84. The van der Waals surface area contributed by atoms with Crippen LogP contribution in [-0.4, -0.2) is 11.6 Å². The fourth-order valence-electron chi connectivity index (χ4n) is 2.70. The molecule has 1 atom stereocenters. The van der Waals surface area contributed by atoms with Gasteiger partial charge in [0.1, 0.15) is 11.6 Å². The number of aromatic nitrogens is 1. The molecule has 24 heavy (non-hydrogen) atoms. The summed E-state index contributed by atoms with van der Waals surface area (Å²) in [4.78, 5) is 4.43. The van der Waals surface area contributed by atoms with Crippen LogP contribution in [0.4, 0.5) is 11.5 Å². The molecule has 0 aliphatic heterocycles. The van der Waals surface area contributed by atoms with Crippen molar-refractivity contribution in [1.29, 1.82) is 0 Å². The Hall–Kier alpha value is -1.26. The van der Waals surface area contributed by atoms with Gasteiger partial charge < -0.3 is 10.1 Å². The van der Waals surface area contributed by atoms with Crippen molar-refractivity contribution in [3.8, 4) is 5.75 Å². The van der Waals surface area contributed by atoms with E-state index in [4.69, 9.17) is 16.3 Å². The SMILES string of the molecule is Cc1cnc(Nc2cc(Cl)ccc2OC[C@@H](C)CC2CC2)c(Br)c1. The van der Waals surface area contributed by atoms with Crippen LogP contribution >= 0.6 is 27.5 Å². The quantitative estimate of drug-likeness (QED) is 0.577. The Kier molecular flexibility index (Phi) is 5.67. The second-order valence-corrected chi connectivity index (χ2v) is 7.99. The number of halogens is 2. The normalized spacial score (nSPS) is 15.2. The van der Waals surface area contributed by atoms with Gasteiger partial charge in [-0.25, -0.2) is 4.98 Å². The smallest absolute Gasteiger partial charge is 0.144 e. The molecule has 1 saturated carbocycles. The zero-order chi connectivity index (χ0) is 17.1. The predicted octanol–water partition coefficient (Wildman–Crippen LogP) is 6.36. The minimum atomic E-state index is 0.560. The number of anilines is 2. The topological polar surface area (TPSA) is 34.2 Å². The van der Waals surface area contributed by atoms with Crippen LogP contribution < -0.4 is 10.1 Å². The monoisotopic (exact) mass is 408 g/mol. The molecule has 0 radical (unpaired) electrons. The van der Waals surface area contributed by atoms with Crippen LogP contribution in [0.25, 0.3) is 0 Å². The Bertz CT molecular complexity index is 719. The molecule has 1 heterocycles. The molecule has 0 spiro atoms. The third-order valence-electron chi connectivity index (χ3n) is 4.13. The highest BCUT2D eigenvalue weighted by Crippen LogP contribution is 2.36. The maximum Gasteiger partial charge on any atom is 0.144 e. The van der Waals surface area contributed by atoms with Crippen molar-refractivity contribution in [2.75, 3.05) is 11.9 Å². The van der Waals surface area contributed by atoms with Gasteiger partial charge >= 0.3 is 0 Å². The van der Waals surface area contributed by atoms with Crippen LogP contribution in [0.3, 0.4) is 0 Å². The first kappa shape index (κ1) is 17.6. The summed E-state index contributed by atoms with van der Waals surface area (Å²) in [7, 11) is 0. The van der Waals surface area contributed by atoms with Crippen LogP contribution in [-0.2, 0) is 0 Å². The number of benzene rings is 1. The molecular weight excluding hydrogens is 388 g/mol. The van der Waals surface area contributed by atoms with Gasteiger partial charge in [0.05, 0.1) is 16.8 Å². The van der Waals surface area contributed by atoms with Crippen molar-refractivity contribution in [3.63, 3.8) is 0 Å². The molecule has 0 amide bonds. The Morgan fingerprint density at radius 3 is 2.88 bits per heavy atom. The Labute approximate surface area is 156 Å². The van der Waals surface area contributed by atoms with E-state index >= 15 is 0 Å². The molecule has 1 aliphatic carbocycles. The lowest BCUT2D eigenvalue weighted by molar-refractivity contribution is 0.248. The number of ether oxygens (including phenoxy) is 1. The highest BCUT2D eigenvalue weighted by atomic mass is 79.9. The van der Waals surface area contributed by atoms with Gasteiger partial charge in [-0.3, -0.25) is 0 Å². The van der Waals surface area contributed by atoms with Gasteiger partial charge in [0.25, 0.3) is 0 Å². The lowest BCUT2D eigenvalue weighted by atomic mass is 10.1. The summed E-state index contributed by atoms with van der Waals surface area (Å²) in [6.45, 7) is 4.98. The van der Waals surface area contributed by atoms with Gasteiger partial charge in [0.15, 0.2) is 0 Å². The molecule has 0 unspecified atom stereocenters. The maximum absolute atomic E-state index is 6.16. The molecule has 1 N–H and O–H groups in total. The first-order valence-corrected chi connectivity index (χ1v) is 9.50. The Morgan fingerprint density at radius 2 is 2.17 bits per heavy atom. The Morgan fingerprint density at radius 1 is 1.38 bits per heavy atom. The molecule has 128 valence electrons. The minimum Gasteiger partial charge on any atom is -0.491 e. The fourth-order valence-corrected chi connectivity index (χ4v) is 3.44. The predicted molar refractivity (Wildman–Crippen MR) is 103 cm³/mol. The van der Waals surface area contributed by atoms with E-state index in [2.05, 4.69) is 33.2 Å². The van der Waals surface area contributed by atoms with Gasteiger partial charge in [-0.2, -0.15) is 0 Å². The molecule has 1 aromatic carbocycles. The van der Waals surface area contributed by atoms with Crippen molar-refractivity contribution in [2.45, 2.75) is 33.1 Å². The molecular formula is C19H22BrClN2O. The average molecular weight is 410 g/mol. The van der Waals surface area contributed by atoms with E-state index in [1.807, 2.05) is 37.4 Å². The van der Waals surface area contributed by atoms with Crippen molar-refractivity contribution < 1.29 is 4.74 Å². The highest BCUT2D eigenvalue weighted by molar-refractivity contribution is 9.10. The third-order valence-corrected chi connectivity index (χ3v) is 4.97. The van der Waals surface area contributed by atoms with Crippen LogP contribution in [0.5, 0.6) is 5.75 Å². The lowest BCUT2D eigenvalue weighted by Crippen LogP contribution is -2.10. The lowest BCUT2D eigenvalue weighted by Gasteiger charge is -2.17. The van der Waals surface area contributed by atoms with Gasteiger partial charge in [-0.15, -0.1) is 0 Å². The first-order chi connectivity index (χ1) is 11.5. The van der Waals surface area contributed by atoms with Crippen LogP contribution in [0.1, 0.15) is 31.7 Å². The number of nitrogens with one attached hydrogen (secondary N) is 1. The largest absolute Gasteiger partial charge is 0.491 e. The standard InChI is InChI=1S/C19H22BrClN2O/c1-12-8-16(20)19(22-10-12)23-17-9-15(21)5-6-18(17)24-11-13(2)7-14-3-4-14/h5-6,8-10,13-14H,3-4,7,11H2,1-2H3,(H,22,23)/t13-/m0/s1. The summed E-state index contributed by atoms with van der Waals surface area (Å²) >= 11 is 9.71. The van der Waals surface area contributed by atoms with E-state index in [0.29, 0.717) is 10.9 Å². The Balaban J connectivity index is 1.72. The molecule has 0 saturated heterocycles. The third kappa shape index (κ3) is 4.87. The molecule has 2 aromatic rings. The summed E-state index contributed by atoms with van der Waals surface area (Å²) < 4.78 is 6.97. The van der Waals surface area contributed by atoms with Crippen LogP contribution in [0, 0.1) is 18.8 Å². The number of nitrogens with zero attached hydrogens (tertiary/aromatic N) is 1. The molecule has 1 fully saturated rings. The molecule has 1 aliphatic rings. The molecule has 5 heteroatoms. The van der Waals surface area contributed by atoms with E-state index in [1.165, 1.54) is 19.3 Å². The second-order valence-electron chi connectivity index (χ2n) is 6.70. The zero-order valence-corrected chi connectivity index (χ0v) is 16.3. The average Bonchev–Trinajstić information content (AvgIpc) is 3.33. The number of aryl methyl sites for hydroxylation is 1. The summed E-state index contributed by atoms with van der Waals surface area (Å²) in [5.41, 5.74) is 1.93. The van der Waals surface area contributed by atoms with Crippen molar-refractivity contribution in [3.05, 3.63) is 45.5 Å². The number of hydrogen-bond acceptors (Lipinski definition) is 3. The molecule has 3 nitrogen and oxygen atoms in total. The summed E-state index contributed by atoms with van der Waals surface area (Å²) in [6, 6.07) is 7.66. The molecule has 3 rings (SSSR count). The van der Waals surface area contributed by atoms with Crippen molar-refractivity contribution in [2.24, 2.45) is 11.8 Å². The second kappa shape index (κ2) is 7.75. The fraction of sp³-hybridized carbons (Fsp3) is 0.421. The maximum atomic E-state index is 6.16. The van der Waals surface area contributed by atoms with E-state index < -0.39 is 0 Å². The van der Waals surface area contributed by atoms with E-state index in [1.54, 1.807) is 0 Å². The van der Waals surface area contributed by atoms with Gasteiger partial charge in [-0.05, 0) is 70.9 Å². The van der Waals surface area contributed by atoms with Crippen LogP contribution in [0.2, 0.25) is 5.02 Å².